The van der Waals surface area contributed by atoms with Crippen molar-refractivity contribution in [3.05, 3.63) is 0 Å². The molecule has 1 heteroatoms. The number of rotatable bonds is 16. The van der Waals surface area contributed by atoms with E-state index in [0.717, 1.165) is 19.1 Å². The fourth-order valence-corrected chi connectivity index (χ4v) is 3.00. The lowest BCUT2D eigenvalue weighted by molar-refractivity contribution is -0.107. The van der Waals surface area contributed by atoms with Crippen molar-refractivity contribution in [1.29, 1.82) is 0 Å². The summed E-state index contributed by atoms with van der Waals surface area (Å²) in [5.41, 5.74) is 0.522. The molecule has 0 aliphatic rings. The van der Waals surface area contributed by atoms with Gasteiger partial charge < -0.3 is 4.79 Å². The lowest BCUT2D eigenvalue weighted by Crippen LogP contribution is -2.03. The molecular formula is C21H42O. The van der Waals surface area contributed by atoms with Gasteiger partial charge in [0.1, 0.15) is 6.29 Å². The molecule has 0 aromatic rings. The third-order valence-corrected chi connectivity index (χ3v) is 4.50. The number of hydrogen-bond donors (Lipinski definition) is 0. The minimum Gasteiger partial charge on any atom is -0.303 e. The molecule has 0 aromatic carbocycles. The van der Waals surface area contributed by atoms with Crippen LogP contribution in [0.25, 0.3) is 0 Å². The molecule has 0 saturated carbocycles. The van der Waals surface area contributed by atoms with E-state index < -0.39 is 0 Å². The summed E-state index contributed by atoms with van der Waals surface area (Å²) in [7, 11) is 0. The highest BCUT2D eigenvalue weighted by atomic mass is 16.1. The van der Waals surface area contributed by atoms with Crippen LogP contribution in [0.4, 0.5) is 0 Å². The molecule has 0 atom stereocenters. The smallest absolute Gasteiger partial charge is 0.119 e. The highest BCUT2D eigenvalue weighted by Crippen LogP contribution is 2.22. The second-order valence-electron chi connectivity index (χ2n) is 8.22. The van der Waals surface area contributed by atoms with Crippen molar-refractivity contribution in [2.45, 2.75) is 124 Å². The minimum atomic E-state index is 0.522. The predicted octanol–water partition coefficient (Wildman–Crippen LogP) is 7.47. The molecule has 132 valence electrons. The van der Waals surface area contributed by atoms with Gasteiger partial charge in [0.2, 0.25) is 0 Å². The van der Waals surface area contributed by atoms with Crippen molar-refractivity contribution in [1.82, 2.24) is 0 Å². The van der Waals surface area contributed by atoms with E-state index >= 15 is 0 Å². The Morgan fingerprint density at radius 1 is 0.545 bits per heavy atom. The summed E-state index contributed by atoms with van der Waals surface area (Å²) < 4.78 is 0. The number of carbonyl (C=O) groups excluding carboxylic acids is 1. The van der Waals surface area contributed by atoms with Gasteiger partial charge in [-0.05, 0) is 18.3 Å². The first kappa shape index (κ1) is 21.7. The second-order valence-corrected chi connectivity index (χ2v) is 8.22. The van der Waals surface area contributed by atoms with E-state index in [9.17, 15) is 4.79 Å². The van der Waals surface area contributed by atoms with Gasteiger partial charge in [0.15, 0.2) is 0 Å². The van der Waals surface area contributed by atoms with E-state index in [1.165, 1.54) is 89.9 Å². The molecule has 0 amide bonds. The molecule has 22 heavy (non-hydrogen) atoms. The Kier molecular flexibility index (Phi) is 15.3. The van der Waals surface area contributed by atoms with Crippen LogP contribution in [-0.4, -0.2) is 6.29 Å². The van der Waals surface area contributed by atoms with Crippen LogP contribution in [0.5, 0.6) is 0 Å². The summed E-state index contributed by atoms with van der Waals surface area (Å²) in [5.74, 6) is 0. The second kappa shape index (κ2) is 15.6. The fraction of sp³-hybridized carbons (Fsp3) is 0.952. The van der Waals surface area contributed by atoms with Gasteiger partial charge in [-0.3, -0.25) is 0 Å². The van der Waals surface area contributed by atoms with Gasteiger partial charge in [-0.25, -0.2) is 0 Å². The molecule has 0 N–H and O–H groups in total. The number of carbonyl (C=O) groups is 1. The van der Waals surface area contributed by atoms with Crippen molar-refractivity contribution in [2.24, 2.45) is 5.41 Å². The van der Waals surface area contributed by atoms with E-state index in [1.54, 1.807) is 0 Å². The Labute approximate surface area is 140 Å². The average molecular weight is 311 g/mol. The summed E-state index contributed by atoms with van der Waals surface area (Å²) in [4.78, 5) is 10.2. The van der Waals surface area contributed by atoms with Crippen molar-refractivity contribution in [3.8, 4) is 0 Å². The minimum absolute atomic E-state index is 0.522. The summed E-state index contributed by atoms with van der Waals surface area (Å²) in [6.45, 7) is 7.04. The zero-order valence-corrected chi connectivity index (χ0v) is 15.8. The number of unbranched alkanes of at least 4 members (excludes halogenated alkanes) is 14. The van der Waals surface area contributed by atoms with Gasteiger partial charge in [-0.2, -0.15) is 0 Å². The van der Waals surface area contributed by atoms with Gasteiger partial charge in [0, 0.05) is 6.42 Å². The standard InChI is InChI=1S/C21H42O/c1-21(2,3)19-17-15-13-11-9-7-5-4-6-8-10-12-14-16-18-20-22/h20H,4-19H2,1-3H3. The summed E-state index contributed by atoms with van der Waals surface area (Å²) in [5, 5.41) is 0. The maximum Gasteiger partial charge on any atom is 0.119 e. The lowest BCUT2D eigenvalue weighted by Gasteiger charge is -2.17. The average Bonchev–Trinajstić information content (AvgIpc) is 2.45. The zero-order valence-electron chi connectivity index (χ0n) is 15.8. The van der Waals surface area contributed by atoms with Gasteiger partial charge in [-0.1, -0.05) is 104 Å². The van der Waals surface area contributed by atoms with Crippen LogP contribution in [0.3, 0.4) is 0 Å². The van der Waals surface area contributed by atoms with Crippen LogP contribution in [0.1, 0.15) is 124 Å². The molecule has 0 radical (unpaired) electrons. The molecule has 0 fully saturated rings. The first-order valence-corrected chi connectivity index (χ1v) is 10.00. The van der Waals surface area contributed by atoms with Crippen molar-refractivity contribution < 1.29 is 4.79 Å². The van der Waals surface area contributed by atoms with Gasteiger partial charge in [0.25, 0.3) is 0 Å². The highest BCUT2D eigenvalue weighted by molar-refractivity contribution is 5.48. The summed E-state index contributed by atoms with van der Waals surface area (Å²) in [6, 6.07) is 0. The molecule has 0 heterocycles. The molecular weight excluding hydrogens is 268 g/mol. The maximum atomic E-state index is 10.2. The van der Waals surface area contributed by atoms with Gasteiger partial charge in [-0.15, -0.1) is 0 Å². The van der Waals surface area contributed by atoms with Crippen LogP contribution in [-0.2, 0) is 4.79 Å². The van der Waals surface area contributed by atoms with Crippen molar-refractivity contribution in [2.75, 3.05) is 0 Å². The molecule has 0 unspecified atom stereocenters. The maximum absolute atomic E-state index is 10.2. The van der Waals surface area contributed by atoms with Crippen LogP contribution in [0.2, 0.25) is 0 Å². The van der Waals surface area contributed by atoms with E-state index in [4.69, 9.17) is 0 Å². The van der Waals surface area contributed by atoms with Crippen molar-refractivity contribution >= 4 is 6.29 Å². The number of aldehydes is 1. The van der Waals surface area contributed by atoms with Crippen LogP contribution in [0.15, 0.2) is 0 Å². The molecule has 0 aliphatic carbocycles. The molecule has 0 rings (SSSR count). The normalized spacial score (nSPS) is 11.8. The van der Waals surface area contributed by atoms with Crippen LogP contribution in [0, 0.1) is 5.41 Å². The Hall–Kier alpha value is -0.330. The van der Waals surface area contributed by atoms with E-state index in [2.05, 4.69) is 20.8 Å². The Morgan fingerprint density at radius 2 is 0.864 bits per heavy atom. The molecule has 0 saturated heterocycles. The third kappa shape index (κ3) is 19.7. The number of hydrogen-bond acceptors (Lipinski definition) is 1. The molecule has 0 aromatic heterocycles. The largest absolute Gasteiger partial charge is 0.303 e. The third-order valence-electron chi connectivity index (χ3n) is 4.50. The van der Waals surface area contributed by atoms with E-state index in [-0.39, 0.29) is 0 Å². The van der Waals surface area contributed by atoms with Crippen LogP contribution >= 0.6 is 0 Å². The quantitative estimate of drug-likeness (QED) is 0.213. The monoisotopic (exact) mass is 310 g/mol. The first-order valence-electron chi connectivity index (χ1n) is 10.00. The van der Waals surface area contributed by atoms with E-state index in [0.29, 0.717) is 5.41 Å². The lowest BCUT2D eigenvalue weighted by atomic mass is 9.89. The Bertz CT molecular complexity index is 227. The molecule has 0 bridgehead atoms. The first-order chi connectivity index (χ1) is 10.6. The fourth-order valence-electron chi connectivity index (χ4n) is 3.00. The SMILES string of the molecule is CC(C)(C)CCCCCCCCCCCCCCCCC=O. The Morgan fingerprint density at radius 3 is 1.18 bits per heavy atom. The molecule has 0 spiro atoms. The van der Waals surface area contributed by atoms with Gasteiger partial charge in [0.05, 0.1) is 0 Å². The van der Waals surface area contributed by atoms with Crippen molar-refractivity contribution in [3.63, 3.8) is 0 Å². The Balaban J connectivity index is 3.01. The van der Waals surface area contributed by atoms with Crippen LogP contribution < -0.4 is 0 Å². The van der Waals surface area contributed by atoms with Gasteiger partial charge >= 0.3 is 0 Å². The van der Waals surface area contributed by atoms with E-state index in [1.807, 2.05) is 0 Å². The predicted molar refractivity (Wildman–Crippen MR) is 99.4 cm³/mol. The zero-order chi connectivity index (χ0) is 16.5. The molecule has 1 nitrogen and oxygen atoms in total. The highest BCUT2D eigenvalue weighted by Gasteiger charge is 2.08. The molecule has 0 aliphatic heterocycles. The summed E-state index contributed by atoms with van der Waals surface area (Å²) in [6.07, 6.45) is 22.5. The summed E-state index contributed by atoms with van der Waals surface area (Å²) >= 11 is 0. The topological polar surface area (TPSA) is 17.1 Å².